The fraction of sp³-hybridized carbons (Fsp3) is 0.500. The maximum Gasteiger partial charge on any atom is 0.211 e. The van der Waals surface area contributed by atoms with E-state index in [1.165, 1.54) is 0 Å². The maximum atomic E-state index is 11.8. The zero-order valence-electron chi connectivity index (χ0n) is 14.0. The molecule has 4 heteroatoms. The van der Waals surface area contributed by atoms with Crippen LogP contribution in [0.1, 0.15) is 26.3 Å². The highest BCUT2D eigenvalue weighted by Crippen LogP contribution is 2.15. The van der Waals surface area contributed by atoms with Crippen LogP contribution in [0.3, 0.4) is 0 Å². The number of Topliss-reactive ketones (excluding diaryl/α,β-unsaturated/α-hetero) is 1. The molecule has 0 radical (unpaired) electrons. The molecule has 0 saturated carbocycles. The molecule has 1 aromatic rings. The Morgan fingerprint density at radius 2 is 2.05 bits per heavy atom. The van der Waals surface area contributed by atoms with Crippen LogP contribution in [-0.2, 0) is 4.79 Å². The van der Waals surface area contributed by atoms with Crippen molar-refractivity contribution in [2.45, 2.75) is 20.8 Å². The molecule has 0 heterocycles. The Labute approximate surface area is 133 Å². The van der Waals surface area contributed by atoms with E-state index in [0.717, 1.165) is 24.4 Å². The third-order valence-electron chi connectivity index (χ3n) is 3.09. The molecule has 0 atom stereocenters. The van der Waals surface area contributed by atoms with Gasteiger partial charge in [-0.15, -0.1) is 0 Å². The molecule has 0 saturated heterocycles. The maximum absolute atomic E-state index is 11.8. The summed E-state index contributed by atoms with van der Waals surface area (Å²) in [5.41, 5.74) is 5.84. The van der Waals surface area contributed by atoms with Crippen molar-refractivity contribution < 1.29 is 9.53 Å². The van der Waals surface area contributed by atoms with E-state index < -0.39 is 5.41 Å². The van der Waals surface area contributed by atoms with E-state index in [1.807, 2.05) is 52.1 Å². The SMILES string of the molecule is CN(CCN)CCOc1cccc(C#CC(=O)C(C)(C)C)c1. The van der Waals surface area contributed by atoms with Crippen LogP contribution in [0.15, 0.2) is 24.3 Å². The van der Waals surface area contributed by atoms with Crippen LogP contribution in [0, 0.1) is 17.3 Å². The normalized spacial score (nSPS) is 11.0. The molecule has 0 bridgehead atoms. The van der Waals surface area contributed by atoms with Crippen LogP contribution >= 0.6 is 0 Å². The number of nitrogens with two attached hydrogens (primary N) is 1. The van der Waals surface area contributed by atoms with Gasteiger partial charge in [0.05, 0.1) is 0 Å². The summed E-state index contributed by atoms with van der Waals surface area (Å²) in [6.07, 6.45) is 0. The van der Waals surface area contributed by atoms with Crippen molar-refractivity contribution in [1.82, 2.24) is 4.90 Å². The van der Waals surface area contributed by atoms with E-state index in [2.05, 4.69) is 16.7 Å². The van der Waals surface area contributed by atoms with Crippen molar-refractivity contribution in [3.05, 3.63) is 29.8 Å². The van der Waals surface area contributed by atoms with E-state index in [9.17, 15) is 4.79 Å². The van der Waals surface area contributed by atoms with Gasteiger partial charge in [-0.3, -0.25) is 4.79 Å². The topological polar surface area (TPSA) is 55.6 Å². The number of benzene rings is 1. The molecule has 120 valence electrons. The summed E-state index contributed by atoms with van der Waals surface area (Å²) < 4.78 is 5.70. The number of carbonyl (C=O) groups excluding carboxylic acids is 1. The number of hydrogen-bond acceptors (Lipinski definition) is 4. The van der Waals surface area contributed by atoms with E-state index >= 15 is 0 Å². The Morgan fingerprint density at radius 1 is 1.32 bits per heavy atom. The van der Waals surface area contributed by atoms with E-state index in [4.69, 9.17) is 10.5 Å². The Morgan fingerprint density at radius 3 is 2.68 bits per heavy atom. The van der Waals surface area contributed by atoms with Crippen LogP contribution in [-0.4, -0.2) is 44.0 Å². The molecule has 2 N–H and O–H groups in total. The first kappa shape index (κ1) is 18.2. The van der Waals surface area contributed by atoms with Gasteiger partial charge in [0.1, 0.15) is 12.4 Å². The molecular formula is C18H26N2O2. The molecular weight excluding hydrogens is 276 g/mol. The van der Waals surface area contributed by atoms with Gasteiger partial charge in [-0.25, -0.2) is 0 Å². The molecule has 0 aliphatic rings. The van der Waals surface area contributed by atoms with Crippen molar-refractivity contribution in [1.29, 1.82) is 0 Å². The molecule has 0 aromatic heterocycles. The van der Waals surface area contributed by atoms with Crippen LogP contribution in [0.2, 0.25) is 0 Å². The predicted octanol–water partition coefficient (Wildman–Crippen LogP) is 1.92. The minimum atomic E-state index is -0.436. The quantitative estimate of drug-likeness (QED) is 0.816. The van der Waals surface area contributed by atoms with Gasteiger partial charge >= 0.3 is 0 Å². The smallest absolute Gasteiger partial charge is 0.211 e. The van der Waals surface area contributed by atoms with E-state index in [1.54, 1.807) is 0 Å². The second kappa shape index (κ2) is 8.57. The Bertz CT molecular complexity index is 550. The number of rotatable bonds is 6. The van der Waals surface area contributed by atoms with Gasteiger partial charge in [0, 0.05) is 30.6 Å². The van der Waals surface area contributed by atoms with Crippen molar-refractivity contribution in [3.63, 3.8) is 0 Å². The average Bonchev–Trinajstić information content (AvgIpc) is 2.44. The summed E-state index contributed by atoms with van der Waals surface area (Å²) in [7, 11) is 2.01. The molecule has 0 aliphatic carbocycles. The monoisotopic (exact) mass is 302 g/mol. The second-order valence-corrected chi connectivity index (χ2v) is 6.30. The fourth-order valence-corrected chi connectivity index (χ4v) is 1.63. The Balaban J connectivity index is 2.60. The van der Waals surface area contributed by atoms with Crippen molar-refractivity contribution in [2.24, 2.45) is 11.1 Å². The highest BCUT2D eigenvalue weighted by Gasteiger charge is 2.18. The van der Waals surface area contributed by atoms with Gasteiger partial charge in [-0.05, 0) is 31.2 Å². The summed E-state index contributed by atoms with van der Waals surface area (Å²) >= 11 is 0. The van der Waals surface area contributed by atoms with Gasteiger partial charge < -0.3 is 15.4 Å². The minimum Gasteiger partial charge on any atom is -0.492 e. The van der Waals surface area contributed by atoms with Crippen molar-refractivity contribution in [3.8, 4) is 17.6 Å². The molecule has 4 nitrogen and oxygen atoms in total. The first-order valence-corrected chi connectivity index (χ1v) is 7.51. The minimum absolute atomic E-state index is 0.0674. The van der Waals surface area contributed by atoms with Gasteiger partial charge in [0.15, 0.2) is 0 Å². The van der Waals surface area contributed by atoms with Gasteiger partial charge in [-0.2, -0.15) is 0 Å². The Hall–Kier alpha value is -1.83. The zero-order chi connectivity index (χ0) is 16.6. The third-order valence-corrected chi connectivity index (χ3v) is 3.09. The summed E-state index contributed by atoms with van der Waals surface area (Å²) in [5, 5.41) is 0. The number of carbonyl (C=O) groups is 1. The van der Waals surface area contributed by atoms with E-state index in [0.29, 0.717) is 13.2 Å². The lowest BCUT2D eigenvalue weighted by Gasteiger charge is -2.15. The predicted molar refractivity (Wildman–Crippen MR) is 89.8 cm³/mol. The number of ether oxygens (including phenoxy) is 1. The van der Waals surface area contributed by atoms with Crippen LogP contribution in [0.5, 0.6) is 5.75 Å². The fourth-order valence-electron chi connectivity index (χ4n) is 1.63. The lowest BCUT2D eigenvalue weighted by atomic mass is 9.91. The molecule has 0 spiro atoms. The molecule has 0 unspecified atom stereocenters. The van der Waals surface area contributed by atoms with Gasteiger partial charge in [0.2, 0.25) is 5.78 Å². The van der Waals surface area contributed by atoms with Gasteiger partial charge in [-0.1, -0.05) is 32.8 Å². The number of hydrogen-bond donors (Lipinski definition) is 1. The summed E-state index contributed by atoms with van der Waals surface area (Å²) in [6, 6.07) is 7.49. The van der Waals surface area contributed by atoms with E-state index in [-0.39, 0.29) is 5.78 Å². The zero-order valence-corrected chi connectivity index (χ0v) is 14.0. The molecule has 0 amide bonds. The first-order chi connectivity index (χ1) is 10.3. The number of ketones is 1. The number of nitrogens with zero attached hydrogens (tertiary/aromatic N) is 1. The molecule has 0 fully saturated rings. The van der Waals surface area contributed by atoms with Crippen LogP contribution in [0.25, 0.3) is 0 Å². The lowest BCUT2D eigenvalue weighted by molar-refractivity contribution is -0.120. The highest BCUT2D eigenvalue weighted by atomic mass is 16.5. The molecule has 1 aromatic carbocycles. The summed E-state index contributed by atoms with van der Waals surface area (Å²) in [6.45, 7) is 8.49. The van der Waals surface area contributed by atoms with Crippen molar-refractivity contribution in [2.75, 3.05) is 33.3 Å². The van der Waals surface area contributed by atoms with Crippen LogP contribution in [0.4, 0.5) is 0 Å². The molecule has 0 aliphatic heterocycles. The third kappa shape index (κ3) is 6.75. The highest BCUT2D eigenvalue weighted by molar-refractivity contribution is 5.99. The van der Waals surface area contributed by atoms with Gasteiger partial charge in [0.25, 0.3) is 0 Å². The summed E-state index contributed by atoms with van der Waals surface area (Å²) in [5.74, 6) is 6.29. The van der Waals surface area contributed by atoms with Crippen molar-refractivity contribution >= 4 is 5.78 Å². The average molecular weight is 302 g/mol. The summed E-state index contributed by atoms with van der Waals surface area (Å²) in [4.78, 5) is 13.9. The largest absolute Gasteiger partial charge is 0.492 e. The lowest BCUT2D eigenvalue weighted by Crippen LogP contribution is -2.29. The molecule has 1 rings (SSSR count). The first-order valence-electron chi connectivity index (χ1n) is 7.51. The second-order valence-electron chi connectivity index (χ2n) is 6.30. The molecule has 22 heavy (non-hydrogen) atoms. The number of likely N-dealkylation sites (N-methyl/N-ethyl adjacent to an activating group) is 1. The Kier molecular flexibility index (Phi) is 7.10. The standard InChI is InChI=1S/C18H26N2O2/c1-18(2,3)17(21)9-8-15-6-5-7-16(14-15)22-13-12-20(4)11-10-19/h5-7,14H,10-13,19H2,1-4H3. The van der Waals surface area contributed by atoms with Crippen LogP contribution < -0.4 is 10.5 Å².